The van der Waals surface area contributed by atoms with Crippen LogP contribution < -0.4 is 21.7 Å². The third kappa shape index (κ3) is 12.3. The van der Waals surface area contributed by atoms with Gasteiger partial charge in [0, 0.05) is 100 Å². The third-order valence-corrected chi connectivity index (χ3v) is 10.1. The van der Waals surface area contributed by atoms with Gasteiger partial charge in [0.15, 0.2) is 0 Å². The molecule has 21 heteroatoms. The number of nitrogens with zero attached hydrogens (tertiary/aromatic N) is 8. The molecule has 0 amide bonds. The van der Waals surface area contributed by atoms with Gasteiger partial charge in [-0.25, -0.2) is 44.5 Å². The fourth-order valence-electron chi connectivity index (χ4n) is 6.79. The highest BCUT2D eigenvalue weighted by molar-refractivity contribution is 6.29. The number of alkyl halides is 8. The van der Waals surface area contributed by atoms with Crippen molar-refractivity contribution in [3.8, 4) is 11.9 Å². The molecule has 0 bridgehead atoms. The van der Waals surface area contributed by atoms with Crippen LogP contribution in [0, 0.1) is 13.8 Å². The first kappa shape index (κ1) is 42.3. The lowest BCUT2D eigenvalue weighted by Gasteiger charge is -2.35. The van der Waals surface area contributed by atoms with Gasteiger partial charge in [0.1, 0.15) is 22.6 Å². The molecule has 4 heterocycles. The fourth-order valence-corrected chi connectivity index (χ4v) is 6.97. The Bertz CT molecular complexity index is 1940. The van der Waals surface area contributed by atoms with E-state index >= 15 is 0 Å². The smallest absolute Gasteiger partial charge is 0.254 e. The predicted octanol–water partition coefficient (Wildman–Crippen LogP) is 8.53. The molecule has 312 valence electrons. The number of hydrogen-bond acceptors (Lipinski definition) is 10. The molecule has 0 aromatic carbocycles. The average Bonchev–Trinajstić information content (AvgIpc) is 3.73. The summed E-state index contributed by atoms with van der Waals surface area (Å²) in [6, 6.07) is 6.10. The first-order valence-corrected chi connectivity index (χ1v) is 19.1. The van der Waals surface area contributed by atoms with E-state index in [9.17, 15) is 35.1 Å². The maximum absolute atomic E-state index is 13.4. The largest absolute Gasteiger partial charge is 0.367 e. The Morgan fingerprint density at radius 2 is 0.965 bits per heavy atom. The van der Waals surface area contributed by atoms with E-state index < -0.39 is 23.7 Å². The van der Waals surface area contributed by atoms with E-state index in [2.05, 4.69) is 46.1 Å². The molecule has 4 aliphatic rings. The van der Waals surface area contributed by atoms with Gasteiger partial charge in [0.05, 0.1) is 11.4 Å². The monoisotopic (exact) mass is 832 g/mol. The average molecular weight is 833 g/mol. The quantitative estimate of drug-likeness (QED) is 0.101. The SMILES string of the molecule is Cc1ccn(-c2nc(Cl)cc(NC3CCC(F)(F)CC3)n2)n1.Cc1ccn(-c2nc(NC3CCC(F)(F)CC3)cc(NC3CC(F)(F)C3)n2)n1.NC1CC(F)(F)C1. The van der Waals surface area contributed by atoms with E-state index in [1.54, 1.807) is 30.6 Å². The maximum atomic E-state index is 13.4. The Morgan fingerprint density at radius 1 is 0.579 bits per heavy atom. The maximum Gasteiger partial charge on any atom is 0.254 e. The highest BCUT2D eigenvalue weighted by atomic mass is 35.5. The van der Waals surface area contributed by atoms with E-state index in [-0.39, 0.29) is 86.6 Å². The van der Waals surface area contributed by atoms with Crippen LogP contribution in [0.5, 0.6) is 0 Å². The van der Waals surface area contributed by atoms with Gasteiger partial charge in [-0.1, -0.05) is 11.6 Å². The normalized spacial score (nSPS) is 21.5. The Balaban J connectivity index is 0.000000168. The zero-order chi connectivity index (χ0) is 41.2. The summed E-state index contributed by atoms with van der Waals surface area (Å²) in [6.07, 6.45) is 3.69. The molecule has 0 aliphatic heterocycles. The van der Waals surface area contributed by atoms with Crippen LogP contribution in [0.4, 0.5) is 52.6 Å². The number of aryl methyl sites for hydroxylation is 2. The van der Waals surface area contributed by atoms with E-state index in [0.29, 0.717) is 49.1 Å². The van der Waals surface area contributed by atoms with Crippen molar-refractivity contribution >= 4 is 29.1 Å². The topological polar surface area (TPSA) is 149 Å². The number of rotatable bonds is 8. The Kier molecular flexibility index (Phi) is 12.5. The van der Waals surface area contributed by atoms with Gasteiger partial charge in [0.2, 0.25) is 11.8 Å². The first-order valence-electron chi connectivity index (χ1n) is 18.7. The number of nitrogens with one attached hydrogen (secondary N) is 3. The second-order valence-electron chi connectivity index (χ2n) is 15.3. The zero-order valence-electron chi connectivity index (χ0n) is 31.3. The number of aromatic nitrogens is 8. The molecule has 0 unspecified atom stereocenters. The second-order valence-corrected chi connectivity index (χ2v) is 15.7. The highest BCUT2D eigenvalue weighted by Gasteiger charge is 2.46. The van der Waals surface area contributed by atoms with Gasteiger partial charge in [-0.15, -0.1) is 0 Å². The number of halogens is 9. The molecule has 12 nitrogen and oxygen atoms in total. The number of hydrogen-bond donors (Lipinski definition) is 4. The zero-order valence-corrected chi connectivity index (χ0v) is 32.1. The molecule has 4 aromatic heterocycles. The lowest BCUT2D eigenvalue weighted by molar-refractivity contribution is -0.0841. The summed E-state index contributed by atoms with van der Waals surface area (Å²) < 4.78 is 106. The Hall–Kier alpha value is -4.33. The lowest BCUT2D eigenvalue weighted by Crippen LogP contribution is -2.45. The fraction of sp³-hybridized carbons (Fsp3) is 0.611. The van der Waals surface area contributed by atoms with Gasteiger partial charge in [-0.05, 0) is 51.7 Å². The molecule has 0 saturated heterocycles. The summed E-state index contributed by atoms with van der Waals surface area (Å²) >= 11 is 6.02. The molecule has 4 aliphatic carbocycles. The molecule has 4 fully saturated rings. The minimum absolute atomic E-state index is 0.0298. The summed E-state index contributed by atoms with van der Waals surface area (Å²) in [5.41, 5.74) is 6.70. The van der Waals surface area contributed by atoms with Gasteiger partial charge in [0.25, 0.3) is 23.7 Å². The van der Waals surface area contributed by atoms with E-state index in [4.69, 9.17) is 17.3 Å². The van der Waals surface area contributed by atoms with Gasteiger partial charge < -0.3 is 21.7 Å². The summed E-state index contributed by atoms with van der Waals surface area (Å²) in [5.74, 6) is -8.19. The molecule has 0 spiro atoms. The van der Waals surface area contributed by atoms with Crippen molar-refractivity contribution in [2.75, 3.05) is 16.0 Å². The highest BCUT2D eigenvalue weighted by Crippen LogP contribution is 2.40. The van der Waals surface area contributed by atoms with Crippen LogP contribution in [0.3, 0.4) is 0 Å². The second kappa shape index (κ2) is 16.9. The molecule has 4 saturated carbocycles. The molecule has 4 aromatic rings. The van der Waals surface area contributed by atoms with E-state index in [0.717, 1.165) is 11.4 Å². The summed E-state index contributed by atoms with van der Waals surface area (Å²) in [6.45, 7) is 3.69. The van der Waals surface area contributed by atoms with Crippen molar-refractivity contribution < 1.29 is 35.1 Å². The molecular weight excluding hydrogens is 788 g/mol. The minimum Gasteiger partial charge on any atom is -0.367 e. The van der Waals surface area contributed by atoms with Crippen LogP contribution in [0.25, 0.3) is 11.9 Å². The van der Waals surface area contributed by atoms with Crippen molar-refractivity contribution in [1.29, 1.82) is 0 Å². The molecule has 8 rings (SSSR count). The summed E-state index contributed by atoms with van der Waals surface area (Å²) in [5, 5.41) is 18.2. The Morgan fingerprint density at radius 3 is 1.32 bits per heavy atom. The molecular formula is C36H45ClF8N12. The molecule has 57 heavy (non-hydrogen) atoms. The number of anilines is 3. The van der Waals surface area contributed by atoms with Crippen LogP contribution in [0.2, 0.25) is 5.15 Å². The number of nitrogens with two attached hydrogens (primary N) is 1. The van der Waals surface area contributed by atoms with E-state index in [1.807, 2.05) is 19.9 Å². The standard InChI is InChI=1S/C18H22F4N6.C14H16ClF2N5.C4H7F2N/c1-11-4-7-28(27-11)16-25-14(23-12-2-5-17(19,20)6-3-12)8-15(26-16)24-13-9-18(21,22)10-13;1-9-4-7-22(21-9)13-19-11(15)8-12(20-13)18-10-2-5-14(16,17)6-3-10;5-4(6)1-3(7)2-4/h4,7-8,12-13H,2-3,5-6,9-10H2,1H3,(H2,23,24,25,26);4,7-8,10H,2-3,5-6H2,1H3,(H,18,19,20);3H,1-2,7H2. The van der Waals surface area contributed by atoms with Crippen LogP contribution in [-0.4, -0.2) is 87.4 Å². The predicted molar refractivity (Wildman–Crippen MR) is 198 cm³/mol. The van der Waals surface area contributed by atoms with Gasteiger partial charge >= 0.3 is 0 Å². The Labute approximate surface area is 328 Å². The van der Waals surface area contributed by atoms with Gasteiger partial charge in [-0.3, -0.25) is 0 Å². The molecule has 0 radical (unpaired) electrons. The van der Waals surface area contributed by atoms with Crippen LogP contribution >= 0.6 is 11.6 Å². The lowest BCUT2D eigenvalue weighted by atomic mass is 9.88. The van der Waals surface area contributed by atoms with Crippen molar-refractivity contribution in [2.24, 2.45) is 5.73 Å². The van der Waals surface area contributed by atoms with Crippen molar-refractivity contribution in [1.82, 2.24) is 39.5 Å². The summed E-state index contributed by atoms with van der Waals surface area (Å²) in [4.78, 5) is 17.3. The van der Waals surface area contributed by atoms with E-state index in [1.165, 1.54) is 9.36 Å². The van der Waals surface area contributed by atoms with Crippen LogP contribution in [0.1, 0.15) is 88.4 Å². The third-order valence-electron chi connectivity index (χ3n) is 9.95. The van der Waals surface area contributed by atoms with Crippen LogP contribution in [0.15, 0.2) is 36.7 Å². The van der Waals surface area contributed by atoms with Crippen molar-refractivity contribution in [2.45, 2.75) is 139 Å². The van der Waals surface area contributed by atoms with Crippen molar-refractivity contribution in [3.63, 3.8) is 0 Å². The van der Waals surface area contributed by atoms with Gasteiger partial charge in [-0.2, -0.15) is 30.1 Å². The minimum atomic E-state index is -2.64. The first-order chi connectivity index (χ1) is 26.7. The van der Waals surface area contributed by atoms with Crippen LogP contribution in [-0.2, 0) is 0 Å². The molecule has 0 atom stereocenters. The van der Waals surface area contributed by atoms with Crippen molar-refractivity contribution in [3.05, 3.63) is 53.2 Å². The molecule has 5 N–H and O–H groups in total. The summed E-state index contributed by atoms with van der Waals surface area (Å²) in [7, 11) is 0.